The van der Waals surface area contributed by atoms with Crippen LogP contribution in [0.15, 0.2) is 29.4 Å². The van der Waals surface area contributed by atoms with Gasteiger partial charge in [0.1, 0.15) is 5.69 Å². The molecule has 1 N–H and O–H groups in total. The Bertz CT molecular complexity index is 328. The van der Waals surface area contributed by atoms with Crippen LogP contribution in [0.4, 0.5) is 5.69 Å². The minimum absolute atomic E-state index is 0.291. The number of nitroso groups, excluding NO2 is 1. The van der Waals surface area contributed by atoms with E-state index < -0.39 is 6.10 Å². The van der Waals surface area contributed by atoms with Crippen molar-refractivity contribution in [2.45, 2.75) is 26.9 Å². The zero-order valence-corrected chi connectivity index (χ0v) is 8.69. The first kappa shape index (κ1) is 10.9. The zero-order chi connectivity index (χ0) is 10.8. The van der Waals surface area contributed by atoms with Gasteiger partial charge in [0.05, 0.1) is 6.10 Å². The van der Waals surface area contributed by atoms with Gasteiger partial charge in [0.25, 0.3) is 0 Å². The van der Waals surface area contributed by atoms with Gasteiger partial charge in [-0.05, 0) is 16.7 Å². The summed E-state index contributed by atoms with van der Waals surface area (Å²) in [5.74, 6) is 0. The molecule has 1 atom stereocenters. The van der Waals surface area contributed by atoms with Crippen molar-refractivity contribution in [3.63, 3.8) is 0 Å². The molecule has 0 aliphatic rings. The fourth-order valence-electron chi connectivity index (χ4n) is 1.27. The molecule has 0 aromatic heterocycles. The quantitative estimate of drug-likeness (QED) is 0.733. The van der Waals surface area contributed by atoms with Crippen LogP contribution in [0.3, 0.4) is 0 Å². The average Bonchev–Trinajstić information content (AvgIpc) is 2.15. The highest BCUT2D eigenvalue weighted by Crippen LogP contribution is 2.36. The molecule has 1 aromatic carbocycles. The van der Waals surface area contributed by atoms with Gasteiger partial charge in [-0.15, -0.1) is 4.91 Å². The van der Waals surface area contributed by atoms with E-state index in [1.165, 1.54) is 0 Å². The maximum absolute atomic E-state index is 10.5. The Hall–Kier alpha value is -1.22. The van der Waals surface area contributed by atoms with Gasteiger partial charge in [0.15, 0.2) is 0 Å². The molecule has 14 heavy (non-hydrogen) atoms. The summed E-state index contributed by atoms with van der Waals surface area (Å²) in [6.07, 6.45) is -0.670. The molecular weight excluding hydrogens is 178 g/mol. The van der Waals surface area contributed by atoms with Gasteiger partial charge >= 0.3 is 0 Å². The Morgan fingerprint density at radius 3 is 2.36 bits per heavy atom. The first-order valence-corrected chi connectivity index (χ1v) is 4.57. The maximum Gasteiger partial charge on any atom is 0.113 e. The highest BCUT2D eigenvalue weighted by atomic mass is 16.3. The molecule has 0 spiro atoms. The minimum atomic E-state index is -0.670. The third-order valence-corrected chi connectivity index (χ3v) is 2.15. The van der Waals surface area contributed by atoms with Gasteiger partial charge in [0, 0.05) is 5.56 Å². The summed E-state index contributed by atoms with van der Waals surface area (Å²) in [4.78, 5) is 10.5. The lowest BCUT2D eigenvalue weighted by molar-refractivity contribution is 0.0631. The number of nitrogens with zero attached hydrogens (tertiary/aromatic N) is 1. The monoisotopic (exact) mass is 193 g/mol. The Morgan fingerprint density at radius 1 is 1.29 bits per heavy atom. The zero-order valence-electron chi connectivity index (χ0n) is 8.69. The van der Waals surface area contributed by atoms with E-state index in [1.807, 2.05) is 20.8 Å². The molecular formula is C11H15NO2. The summed E-state index contributed by atoms with van der Waals surface area (Å²) in [5, 5.41) is 12.9. The Balaban J connectivity index is 3.12. The molecule has 0 bridgehead atoms. The molecule has 0 radical (unpaired) electrons. The number of aliphatic hydroxyl groups excluding tert-OH is 1. The van der Waals surface area contributed by atoms with E-state index in [1.54, 1.807) is 24.3 Å². The van der Waals surface area contributed by atoms with Crippen LogP contribution in [-0.4, -0.2) is 5.11 Å². The number of benzene rings is 1. The molecule has 0 heterocycles. The molecule has 76 valence electrons. The number of aliphatic hydroxyl groups is 1. The normalized spacial score (nSPS) is 13.7. The van der Waals surface area contributed by atoms with Crippen LogP contribution in [0.5, 0.6) is 0 Å². The van der Waals surface area contributed by atoms with Gasteiger partial charge < -0.3 is 5.11 Å². The third kappa shape index (κ3) is 2.17. The Morgan fingerprint density at radius 2 is 1.86 bits per heavy atom. The summed E-state index contributed by atoms with van der Waals surface area (Å²) in [5.41, 5.74) is 0.616. The fourth-order valence-corrected chi connectivity index (χ4v) is 1.27. The number of hydrogen-bond donors (Lipinski definition) is 1. The van der Waals surface area contributed by atoms with E-state index in [0.717, 1.165) is 0 Å². The summed E-state index contributed by atoms with van der Waals surface area (Å²) in [6, 6.07) is 6.86. The second kappa shape index (κ2) is 3.88. The molecule has 3 nitrogen and oxygen atoms in total. The second-order valence-electron chi connectivity index (χ2n) is 4.42. The number of rotatable bonds is 2. The van der Waals surface area contributed by atoms with Gasteiger partial charge in [0.2, 0.25) is 0 Å². The molecule has 0 aliphatic heterocycles. The first-order valence-electron chi connectivity index (χ1n) is 4.57. The van der Waals surface area contributed by atoms with Crippen molar-refractivity contribution >= 4 is 5.69 Å². The topological polar surface area (TPSA) is 49.7 Å². The highest BCUT2D eigenvalue weighted by molar-refractivity contribution is 5.47. The fraction of sp³-hybridized carbons (Fsp3) is 0.455. The molecule has 1 rings (SSSR count). The predicted octanol–water partition coefficient (Wildman–Crippen LogP) is 3.16. The molecule has 0 unspecified atom stereocenters. The van der Waals surface area contributed by atoms with E-state index in [4.69, 9.17) is 0 Å². The summed E-state index contributed by atoms with van der Waals surface area (Å²) < 4.78 is 0. The van der Waals surface area contributed by atoms with Gasteiger partial charge in [-0.3, -0.25) is 0 Å². The Kier molecular flexibility index (Phi) is 3.01. The van der Waals surface area contributed by atoms with Crippen molar-refractivity contribution < 1.29 is 5.11 Å². The van der Waals surface area contributed by atoms with Gasteiger partial charge in [-0.1, -0.05) is 39.0 Å². The third-order valence-electron chi connectivity index (χ3n) is 2.15. The maximum atomic E-state index is 10.5. The molecule has 0 fully saturated rings. The van der Waals surface area contributed by atoms with E-state index in [0.29, 0.717) is 11.3 Å². The van der Waals surface area contributed by atoms with E-state index in [9.17, 15) is 10.0 Å². The van der Waals surface area contributed by atoms with Crippen molar-refractivity contribution in [3.05, 3.63) is 34.7 Å². The first-order chi connectivity index (χ1) is 6.46. The smallest absolute Gasteiger partial charge is 0.113 e. The van der Waals surface area contributed by atoms with E-state index in [2.05, 4.69) is 5.18 Å². The minimum Gasteiger partial charge on any atom is -0.388 e. The average molecular weight is 193 g/mol. The van der Waals surface area contributed by atoms with Crippen LogP contribution in [-0.2, 0) is 0 Å². The Labute approximate surface area is 83.7 Å². The van der Waals surface area contributed by atoms with Crippen LogP contribution in [0.1, 0.15) is 32.4 Å². The molecule has 0 amide bonds. The summed E-state index contributed by atoms with van der Waals surface area (Å²) >= 11 is 0. The predicted molar refractivity (Wildman–Crippen MR) is 56.3 cm³/mol. The molecule has 0 saturated carbocycles. The number of hydrogen-bond acceptors (Lipinski definition) is 3. The molecule has 0 saturated heterocycles. The molecule has 0 aliphatic carbocycles. The summed E-state index contributed by atoms with van der Waals surface area (Å²) in [7, 11) is 0. The SMILES string of the molecule is CC(C)(C)[C@H](O)c1ccccc1N=O. The lowest BCUT2D eigenvalue weighted by Crippen LogP contribution is -2.17. The van der Waals surface area contributed by atoms with Crippen LogP contribution < -0.4 is 0 Å². The highest BCUT2D eigenvalue weighted by Gasteiger charge is 2.25. The lowest BCUT2D eigenvalue weighted by Gasteiger charge is -2.26. The van der Waals surface area contributed by atoms with Crippen molar-refractivity contribution in [2.24, 2.45) is 10.6 Å². The van der Waals surface area contributed by atoms with Crippen LogP contribution in [0.25, 0.3) is 0 Å². The molecule has 3 heteroatoms. The van der Waals surface area contributed by atoms with Gasteiger partial charge in [-0.2, -0.15) is 0 Å². The second-order valence-corrected chi connectivity index (χ2v) is 4.42. The van der Waals surface area contributed by atoms with Crippen molar-refractivity contribution in [1.82, 2.24) is 0 Å². The molecule has 1 aromatic rings. The largest absolute Gasteiger partial charge is 0.388 e. The van der Waals surface area contributed by atoms with Crippen molar-refractivity contribution in [2.75, 3.05) is 0 Å². The van der Waals surface area contributed by atoms with Crippen molar-refractivity contribution in [1.29, 1.82) is 0 Å². The van der Waals surface area contributed by atoms with Crippen LogP contribution >= 0.6 is 0 Å². The lowest BCUT2D eigenvalue weighted by atomic mass is 9.84. The van der Waals surface area contributed by atoms with Crippen LogP contribution in [0, 0.1) is 10.3 Å². The van der Waals surface area contributed by atoms with Gasteiger partial charge in [-0.25, -0.2) is 0 Å². The summed E-state index contributed by atoms with van der Waals surface area (Å²) in [6.45, 7) is 5.75. The van der Waals surface area contributed by atoms with E-state index >= 15 is 0 Å². The van der Waals surface area contributed by atoms with Crippen LogP contribution in [0.2, 0.25) is 0 Å². The standard InChI is InChI=1S/C11H15NO2/c1-11(2,3)10(13)8-6-4-5-7-9(8)12-14/h4-7,10,13H,1-3H3/t10-/m1/s1. The van der Waals surface area contributed by atoms with E-state index in [-0.39, 0.29) is 5.41 Å². The van der Waals surface area contributed by atoms with Crippen molar-refractivity contribution in [3.8, 4) is 0 Å².